The Kier molecular flexibility index (Phi) is 5.65. The lowest BCUT2D eigenvalue weighted by Gasteiger charge is -2.27. The van der Waals surface area contributed by atoms with E-state index in [1.165, 1.54) is 18.5 Å². The Bertz CT molecular complexity index is 429. The first kappa shape index (κ1) is 16.3. The highest BCUT2D eigenvalue weighted by Gasteiger charge is 2.27. The molecule has 0 bridgehead atoms. The molecule has 3 unspecified atom stereocenters. The van der Waals surface area contributed by atoms with Crippen molar-refractivity contribution in [1.82, 2.24) is 10.2 Å². The molecule has 2 rings (SSSR count). The van der Waals surface area contributed by atoms with E-state index in [2.05, 4.69) is 62.2 Å². The van der Waals surface area contributed by atoms with Gasteiger partial charge in [-0.2, -0.15) is 0 Å². The van der Waals surface area contributed by atoms with E-state index in [0.29, 0.717) is 12.1 Å². The van der Waals surface area contributed by atoms with E-state index in [4.69, 9.17) is 4.74 Å². The molecule has 1 N–H and O–H groups in total. The Balaban J connectivity index is 2.00. The zero-order chi connectivity index (χ0) is 15.4. The lowest BCUT2D eigenvalue weighted by Crippen LogP contribution is -2.36. The van der Waals surface area contributed by atoms with Crippen LogP contribution in [0.4, 0.5) is 0 Å². The number of ether oxygens (including phenoxy) is 1. The van der Waals surface area contributed by atoms with Crippen molar-refractivity contribution in [3.8, 4) is 5.75 Å². The van der Waals surface area contributed by atoms with Crippen molar-refractivity contribution in [1.29, 1.82) is 0 Å². The molecule has 1 fully saturated rings. The molecule has 0 saturated carbocycles. The molecule has 0 amide bonds. The Labute approximate surface area is 129 Å². The molecule has 1 aromatic rings. The monoisotopic (exact) mass is 290 g/mol. The Morgan fingerprint density at radius 1 is 1.24 bits per heavy atom. The van der Waals surface area contributed by atoms with Crippen LogP contribution in [0.5, 0.6) is 5.75 Å². The van der Waals surface area contributed by atoms with E-state index in [0.717, 1.165) is 18.2 Å². The SMILES string of the molecule is CNC(CN1CC(C)CC1C)c1ccc(OC(C)C)cc1. The van der Waals surface area contributed by atoms with Crippen LogP contribution in [0.25, 0.3) is 0 Å². The number of benzene rings is 1. The topological polar surface area (TPSA) is 24.5 Å². The molecule has 1 aliphatic heterocycles. The molecule has 1 aliphatic rings. The second-order valence-electron chi connectivity index (χ2n) is 6.72. The van der Waals surface area contributed by atoms with Crippen molar-refractivity contribution in [2.45, 2.75) is 52.3 Å². The minimum absolute atomic E-state index is 0.225. The van der Waals surface area contributed by atoms with E-state index in [-0.39, 0.29) is 6.10 Å². The van der Waals surface area contributed by atoms with Gasteiger partial charge in [-0.25, -0.2) is 0 Å². The van der Waals surface area contributed by atoms with Crippen molar-refractivity contribution in [2.24, 2.45) is 5.92 Å². The molecule has 0 radical (unpaired) electrons. The van der Waals surface area contributed by atoms with Crippen LogP contribution in [-0.4, -0.2) is 37.2 Å². The predicted octanol–water partition coefficient (Wildman–Crippen LogP) is 3.46. The number of nitrogens with zero attached hydrogens (tertiary/aromatic N) is 1. The highest BCUT2D eigenvalue weighted by Crippen LogP contribution is 2.26. The first-order chi connectivity index (χ1) is 9.99. The molecule has 0 aromatic heterocycles. The van der Waals surface area contributed by atoms with Crippen molar-refractivity contribution in [2.75, 3.05) is 20.1 Å². The molecule has 3 nitrogen and oxygen atoms in total. The molecule has 0 aliphatic carbocycles. The van der Waals surface area contributed by atoms with Crippen molar-refractivity contribution < 1.29 is 4.74 Å². The number of likely N-dealkylation sites (tertiary alicyclic amines) is 1. The first-order valence-corrected chi connectivity index (χ1v) is 8.17. The predicted molar refractivity (Wildman–Crippen MR) is 88.8 cm³/mol. The normalized spacial score (nSPS) is 24.5. The number of hydrogen-bond acceptors (Lipinski definition) is 3. The summed E-state index contributed by atoms with van der Waals surface area (Å²) in [7, 11) is 2.05. The Hall–Kier alpha value is -1.06. The van der Waals surface area contributed by atoms with Crippen LogP contribution in [-0.2, 0) is 0 Å². The highest BCUT2D eigenvalue weighted by molar-refractivity contribution is 5.29. The Morgan fingerprint density at radius 3 is 2.38 bits per heavy atom. The maximum Gasteiger partial charge on any atom is 0.119 e. The maximum atomic E-state index is 5.72. The molecule has 1 aromatic carbocycles. The van der Waals surface area contributed by atoms with Gasteiger partial charge in [-0.15, -0.1) is 0 Å². The molecule has 21 heavy (non-hydrogen) atoms. The number of likely N-dealkylation sites (N-methyl/N-ethyl adjacent to an activating group) is 1. The lowest BCUT2D eigenvalue weighted by atomic mass is 10.1. The van der Waals surface area contributed by atoms with Crippen LogP contribution in [0.15, 0.2) is 24.3 Å². The van der Waals surface area contributed by atoms with Crippen LogP contribution in [0.2, 0.25) is 0 Å². The second kappa shape index (κ2) is 7.28. The molecule has 1 saturated heterocycles. The lowest BCUT2D eigenvalue weighted by molar-refractivity contribution is 0.236. The van der Waals surface area contributed by atoms with E-state index >= 15 is 0 Å². The molecule has 0 spiro atoms. The molecular formula is C18H30N2O. The van der Waals surface area contributed by atoms with Crippen molar-refractivity contribution >= 4 is 0 Å². The third kappa shape index (κ3) is 4.45. The van der Waals surface area contributed by atoms with Gasteiger partial charge >= 0.3 is 0 Å². The third-order valence-corrected chi connectivity index (χ3v) is 4.33. The van der Waals surface area contributed by atoms with Gasteiger partial charge in [0, 0.05) is 25.2 Å². The van der Waals surface area contributed by atoms with Crippen LogP contribution >= 0.6 is 0 Å². The summed E-state index contributed by atoms with van der Waals surface area (Å²) >= 11 is 0. The fraction of sp³-hybridized carbons (Fsp3) is 0.667. The summed E-state index contributed by atoms with van der Waals surface area (Å²) in [6.07, 6.45) is 1.54. The van der Waals surface area contributed by atoms with Crippen molar-refractivity contribution in [3.63, 3.8) is 0 Å². The highest BCUT2D eigenvalue weighted by atomic mass is 16.5. The maximum absolute atomic E-state index is 5.72. The summed E-state index contributed by atoms with van der Waals surface area (Å²) < 4.78 is 5.72. The molecule has 3 atom stereocenters. The van der Waals surface area contributed by atoms with E-state index < -0.39 is 0 Å². The standard InChI is InChI=1S/C18H30N2O/c1-13(2)21-17-8-6-16(7-9-17)18(19-5)12-20-11-14(3)10-15(20)4/h6-9,13-15,18-19H,10-12H2,1-5H3. The summed E-state index contributed by atoms with van der Waals surface area (Å²) in [5.41, 5.74) is 1.33. The van der Waals surface area contributed by atoms with Gasteiger partial charge in [0.25, 0.3) is 0 Å². The third-order valence-electron chi connectivity index (χ3n) is 4.33. The quantitative estimate of drug-likeness (QED) is 0.868. The largest absolute Gasteiger partial charge is 0.491 e. The van der Waals surface area contributed by atoms with E-state index in [1.807, 2.05) is 7.05 Å². The minimum Gasteiger partial charge on any atom is -0.491 e. The summed E-state index contributed by atoms with van der Waals surface area (Å²) in [6, 6.07) is 9.60. The van der Waals surface area contributed by atoms with Crippen LogP contribution < -0.4 is 10.1 Å². The fourth-order valence-electron chi connectivity index (χ4n) is 3.29. The fourth-order valence-corrected chi connectivity index (χ4v) is 3.29. The van der Waals surface area contributed by atoms with Gasteiger partial charge in [-0.05, 0) is 57.9 Å². The van der Waals surface area contributed by atoms with Gasteiger partial charge in [0.05, 0.1) is 6.10 Å². The summed E-state index contributed by atoms with van der Waals surface area (Å²) in [6.45, 7) is 11.1. The zero-order valence-corrected chi connectivity index (χ0v) is 14.1. The van der Waals surface area contributed by atoms with Crippen LogP contribution in [0, 0.1) is 5.92 Å². The van der Waals surface area contributed by atoms with Gasteiger partial charge in [0.15, 0.2) is 0 Å². The van der Waals surface area contributed by atoms with Crippen molar-refractivity contribution in [3.05, 3.63) is 29.8 Å². The summed E-state index contributed by atoms with van der Waals surface area (Å²) in [5, 5.41) is 3.46. The van der Waals surface area contributed by atoms with Crippen LogP contribution in [0.1, 0.15) is 45.7 Å². The van der Waals surface area contributed by atoms with E-state index in [1.54, 1.807) is 0 Å². The smallest absolute Gasteiger partial charge is 0.119 e. The minimum atomic E-state index is 0.225. The van der Waals surface area contributed by atoms with Gasteiger partial charge < -0.3 is 10.1 Å². The van der Waals surface area contributed by atoms with Gasteiger partial charge in [-0.1, -0.05) is 19.1 Å². The molecule has 3 heteroatoms. The van der Waals surface area contributed by atoms with E-state index in [9.17, 15) is 0 Å². The first-order valence-electron chi connectivity index (χ1n) is 8.17. The molecular weight excluding hydrogens is 260 g/mol. The summed E-state index contributed by atoms with van der Waals surface area (Å²) in [5.74, 6) is 1.77. The second-order valence-corrected chi connectivity index (χ2v) is 6.72. The average Bonchev–Trinajstić information content (AvgIpc) is 2.74. The Morgan fingerprint density at radius 2 is 1.90 bits per heavy atom. The summed E-state index contributed by atoms with van der Waals surface area (Å²) in [4.78, 5) is 2.60. The van der Waals surface area contributed by atoms with Gasteiger partial charge in [-0.3, -0.25) is 4.90 Å². The van der Waals surface area contributed by atoms with Gasteiger partial charge in [0.1, 0.15) is 5.75 Å². The van der Waals surface area contributed by atoms with Crippen LogP contribution in [0.3, 0.4) is 0 Å². The average molecular weight is 290 g/mol. The zero-order valence-electron chi connectivity index (χ0n) is 14.1. The molecule has 118 valence electrons. The number of nitrogens with one attached hydrogen (secondary N) is 1. The molecule has 1 heterocycles. The number of hydrogen-bond donors (Lipinski definition) is 1. The van der Waals surface area contributed by atoms with Gasteiger partial charge in [0.2, 0.25) is 0 Å². The number of rotatable bonds is 6.